The zero-order valence-electron chi connectivity index (χ0n) is 26.7. The van der Waals surface area contributed by atoms with Crippen LogP contribution in [0.3, 0.4) is 0 Å². The largest absolute Gasteiger partial charge is 0.292 e. The number of para-hydroxylation sites is 3. The lowest BCUT2D eigenvalue weighted by Gasteiger charge is -2.13. The summed E-state index contributed by atoms with van der Waals surface area (Å²) in [7, 11) is 0. The normalized spacial score (nSPS) is 11.7. The minimum Gasteiger partial charge on any atom is -0.292 e. The number of hydrogen-bond acceptors (Lipinski definition) is 1. The molecule has 0 saturated heterocycles. The van der Waals surface area contributed by atoms with Crippen molar-refractivity contribution in [3.63, 3.8) is 0 Å². The van der Waals surface area contributed by atoms with E-state index in [4.69, 9.17) is 4.98 Å². The summed E-state index contributed by atoms with van der Waals surface area (Å²) in [5.41, 5.74) is 4.23. The molecule has 1 heterocycles. The Morgan fingerprint density at radius 1 is 0.327 bits per heavy atom. The fraction of sp³-hybridized carbons (Fsp3) is 0. The van der Waals surface area contributed by atoms with E-state index in [-0.39, 0.29) is 0 Å². The van der Waals surface area contributed by atoms with Gasteiger partial charge in [-0.1, -0.05) is 140 Å². The van der Waals surface area contributed by atoms with Gasteiger partial charge in [-0.05, 0) is 107 Å². The van der Waals surface area contributed by atoms with Gasteiger partial charge in [0.25, 0.3) is 0 Å². The fourth-order valence-corrected chi connectivity index (χ4v) is 7.74. The van der Waals surface area contributed by atoms with Crippen LogP contribution in [0.25, 0.3) is 92.7 Å². The lowest BCUT2D eigenvalue weighted by molar-refractivity contribution is 1.10. The van der Waals surface area contributed by atoms with Crippen molar-refractivity contribution in [3.8, 4) is 17.1 Å². The molecule has 49 heavy (non-hydrogen) atoms. The molecule has 0 aliphatic heterocycles. The van der Waals surface area contributed by atoms with Gasteiger partial charge in [0.15, 0.2) is 0 Å². The lowest BCUT2D eigenvalue weighted by Crippen LogP contribution is -1.97. The van der Waals surface area contributed by atoms with Crippen LogP contribution in [-0.4, -0.2) is 9.55 Å². The van der Waals surface area contributed by atoms with Crippen LogP contribution in [0.1, 0.15) is 0 Å². The first kappa shape index (κ1) is 27.6. The number of rotatable bonds is 2. The summed E-state index contributed by atoms with van der Waals surface area (Å²) < 4.78 is 2.29. The highest BCUT2D eigenvalue weighted by Gasteiger charge is 2.16. The van der Waals surface area contributed by atoms with Crippen molar-refractivity contribution in [3.05, 3.63) is 182 Å². The number of fused-ring (bicyclic) bond motifs is 12. The summed E-state index contributed by atoms with van der Waals surface area (Å²) in [6, 6.07) is 66.0. The first-order valence-corrected chi connectivity index (χ1v) is 16.8. The highest BCUT2D eigenvalue weighted by atomic mass is 15.1. The maximum absolute atomic E-state index is 5.26. The van der Waals surface area contributed by atoms with Crippen LogP contribution >= 0.6 is 0 Å². The van der Waals surface area contributed by atoms with Crippen LogP contribution in [0.4, 0.5) is 0 Å². The molecule has 2 heteroatoms. The first-order valence-electron chi connectivity index (χ1n) is 16.8. The quantitative estimate of drug-likeness (QED) is 0.188. The highest BCUT2D eigenvalue weighted by Crippen LogP contribution is 2.39. The van der Waals surface area contributed by atoms with Gasteiger partial charge in [-0.2, -0.15) is 0 Å². The molecule has 0 spiro atoms. The Labute approximate surface area is 283 Å². The van der Waals surface area contributed by atoms with Crippen molar-refractivity contribution in [2.75, 3.05) is 0 Å². The molecule has 0 aliphatic rings. The van der Waals surface area contributed by atoms with Crippen LogP contribution in [-0.2, 0) is 0 Å². The Morgan fingerprint density at radius 2 is 0.755 bits per heavy atom. The third kappa shape index (κ3) is 4.38. The molecular weight excluding hydrogens is 593 g/mol. The average molecular weight is 623 g/mol. The summed E-state index contributed by atoms with van der Waals surface area (Å²) in [4.78, 5) is 5.26. The molecule has 0 atom stereocenters. The molecular formula is C47H30N2. The summed E-state index contributed by atoms with van der Waals surface area (Å²) in [6.07, 6.45) is 0. The van der Waals surface area contributed by atoms with Crippen LogP contribution in [0.15, 0.2) is 182 Å². The van der Waals surface area contributed by atoms with Gasteiger partial charge in [0.1, 0.15) is 5.82 Å². The molecule has 0 amide bonds. The number of imidazole rings is 1. The monoisotopic (exact) mass is 622 g/mol. The minimum absolute atomic E-state index is 0.925. The molecule has 10 aromatic rings. The number of benzene rings is 8. The number of hydrogen-bond donors (Lipinski definition) is 0. The summed E-state index contributed by atoms with van der Waals surface area (Å²) in [6.45, 7) is 0. The Bertz CT molecular complexity index is 2990. The van der Waals surface area contributed by atoms with Crippen molar-refractivity contribution in [1.82, 2.24) is 9.55 Å². The van der Waals surface area contributed by atoms with Gasteiger partial charge < -0.3 is 0 Å². The third-order valence-corrected chi connectivity index (χ3v) is 9.97. The van der Waals surface area contributed by atoms with Gasteiger partial charge in [-0.25, -0.2) is 4.98 Å². The standard InChI is InChI=1S/C47H30N2/c1-2-16-34(17-3-1)49-46-25-13-12-24-45(46)48-47(49)33-26-27-41-39-22-9-8-20-37(39)35-18-6-7-19-36(35)38-21-10-11-23-40(38)42-28-31-14-4-5-15-32(31)29-44(42)43(41)30-33/h1-30H. The molecule has 228 valence electrons. The van der Waals surface area contributed by atoms with Crippen LogP contribution < -0.4 is 0 Å². The van der Waals surface area contributed by atoms with Gasteiger partial charge in [-0.3, -0.25) is 4.57 Å². The van der Waals surface area contributed by atoms with Gasteiger partial charge in [0.2, 0.25) is 0 Å². The third-order valence-electron chi connectivity index (χ3n) is 9.97. The first-order chi connectivity index (χ1) is 24.3. The molecule has 0 aliphatic carbocycles. The van der Waals surface area contributed by atoms with E-state index in [0.29, 0.717) is 0 Å². The van der Waals surface area contributed by atoms with Crippen molar-refractivity contribution in [1.29, 1.82) is 0 Å². The van der Waals surface area contributed by atoms with Gasteiger partial charge in [0.05, 0.1) is 11.0 Å². The molecule has 0 N–H and O–H groups in total. The van der Waals surface area contributed by atoms with E-state index in [2.05, 4.69) is 187 Å². The molecule has 9 aromatic carbocycles. The van der Waals surface area contributed by atoms with Gasteiger partial charge in [-0.15, -0.1) is 0 Å². The second-order valence-corrected chi connectivity index (χ2v) is 12.7. The number of nitrogens with zero attached hydrogens (tertiary/aromatic N) is 2. The summed E-state index contributed by atoms with van der Waals surface area (Å²) in [5.74, 6) is 0.925. The number of aromatic nitrogens is 2. The van der Waals surface area contributed by atoms with E-state index in [1.165, 1.54) is 64.6 Å². The van der Waals surface area contributed by atoms with E-state index in [1.807, 2.05) is 0 Å². The molecule has 0 fully saturated rings. The molecule has 2 nitrogen and oxygen atoms in total. The summed E-state index contributed by atoms with van der Waals surface area (Å²) in [5, 5.41) is 14.6. The van der Waals surface area contributed by atoms with Crippen molar-refractivity contribution < 1.29 is 0 Å². The molecule has 0 saturated carbocycles. The lowest BCUT2D eigenvalue weighted by atomic mass is 9.92. The SMILES string of the molecule is c1ccc(-n2c(-c3ccc4c5ccccc5c5ccccc5c5ccccc5c5cc6ccccc6cc5c4c3)nc3ccccc32)cc1. The van der Waals surface area contributed by atoms with Gasteiger partial charge in [0, 0.05) is 11.3 Å². The second kappa shape index (κ2) is 11.0. The smallest absolute Gasteiger partial charge is 0.145 e. The Hall–Kier alpha value is -6.51. The van der Waals surface area contributed by atoms with Crippen LogP contribution in [0, 0.1) is 0 Å². The zero-order valence-corrected chi connectivity index (χ0v) is 26.7. The minimum atomic E-state index is 0.925. The molecule has 1 aromatic heterocycles. The van der Waals surface area contributed by atoms with E-state index in [0.717, 1.165) is 28.1 Å². The average Bonchev–Trinajstić information content (AvgIpc) is 3.57. The van der Waals surface area contributed by atoms with E-state index in [1.54, 1.807) is 0 Å². The van der Waals surface area contributed by atoms with Crippen LogP contribution in [0.2, 0.25) is 0 Å². The molecule has 0 bridgehead atoms. The highest BCUT2D eigenvalue weighted by molar-refractivity contribution is 6.27. The predicted octanol–water partition coefficient (Wildman–Crippen LogP) is 12.7. The van der Waals surface area contributed by atoms with Crippen molar-refractivity contribution in [2.45, 2.75) is 0 Å². The molecule has 0 unspecified atom stereocenters. The summed E-state index contributed by atoms with van der Waals surface area (Å²) >= 11 is 0. The van der Waals surface area contributed by atoms with Crippen molar-refractivity contribution in [2.24, 2.45) is 0 Å². The van der Waals surface area contributed by atoms with E-state index >= 15 is 0 Å². The van der Waals surface area contributed by atoms with Crippen molar-refractivity contribution >= 4 is 75.7 Å². The fourth-order valence-electron chi connectivity index (χ4n) is 7.74. The maximum atomic E-state index is 5.26. The Morgan fingerprint density at radius 3 is 1.35 bits per heavy atom. The van der Waals surface area contributed by atoms with Crippen LogP contribution in [0.5, 0.6) is 0 Å². The predicted molar refractivity (Wildman–Crippen MR) is 209 cm³/mol. The zero-order chi connectivity index (χ0) is 32.3. The molecule has 10 rings (SSSR count). The maximum Gasteiger partial charge on any atom is 0.145 e. The molecule has 0 radical (unpaired) electrons. The van der Waals surface area contributed by atoms with E-state index < -0.39 is 0 Å². The second-order valence-electron chi connectivity index (χ2n) is 12.7. The topological polar surface area (TPSA) is 17.8 Å². The Kier molecular flexibility index (Phi) is 6.22. The van der Waals surface area contributed by atoms with Gasteiger partial charge >= 0.3 is 0 Å². The van der Waals surface area contributed by atoms with E-state index in [9.17, 15) is 0 Å². The Balaban J connectivity index is 1.47.